The number of benzene rings is 1. The number of rotatable bonds is 1. The predicted molar refractivity (Wildman–Crippen MR) is 65.6 cm³/mol. The van der Waals surface area contributed by atoms with Gasteiger partial charge in [-0.15, -0.1) is 0 Å². The third-order valence-electron chi connectivity index (χ3n) is 3.67. The maximum absolute atomic E-state index is 12.0. The average molecular weight is 232 g/mol. The summed E-state index contributed by atoms with van der Waals surface area (Å²) in [6.45, 7) is 3.38. The highest BCUT2D eigenvalue weighted by molar-refractivity contribution is 6.00. The molecule has 90 valence electrons. The number of carbonyl (C=O) groups is 1. The fourth-order valence-electron chi connectivity index (χ4n) is 2.83. The summed E-state index contributed by atoms with van der Waals surface area (Å²) in [5, 5.41) is 3.17. The molecule has 1 unspecified atom stereocenters. The second kappa shape index (κ2) is 3.74. The third kappa shape index (κ3) is 1.44. The van der Waals surface area contributed by atoms with Gasteiger partial charge in [-0.3, -0.25) is 4.79 Å². The molecule has 17 heavy (non-hydrogen) atoms. The van der Waals surface area contributed by atoms with Gasteiger partial charge in [-0.2, -0.15) is 0 Å². The molecular weight excluding hydrogens is 216 g/mol. The molecule has 1 fully saturated rings. The molecule has 0 radical (unpaired) electrons. The number of piperazine rings is 1. The summed E-state index contributed by atoms with van der Waals surface area (Å²) in [5.74, 6) is 0.951. The van der Waals surface area contributed by atoms with Crippen molar-refractivity contribution in [1.29, 1.82) is 0 Å². The zero-order valence-corrected chi connectivity index (χ0v) is 10.1. The van der Waals surface area contributed by atoms with Gasteiger partial charge in [-0.05, 0) is 30.5 Å². The second-order valence-electron chi connectivity index (χ2n) is 4.66. The lowest BCUT2D eigenvalue weighted by atomic mass is 10.0. The molecule has 0 saturated carbocycles. The molecule has 4 heteroatoms. The van der Waals surface area contributed by atoms with Crippen LogP contribution in [0.3, 0.4) is 0 Å². The zero-order chi connectivity index (χ0) is 12.0. The number of nitrogens with one attached hydrogen (secondary N) is 1. The minimum Gasteiger partial charge on any atom is -0.495 e. The number of ether oxygens (including phenoxy) is 1. The monoisotopic (exact) mass is 232 g/mol. The van der Waals surface area contributed by atoms with Gasteiger partial charge in [0.05, 0.1) is 25.4 Å². The average Bonchev–Trinajstić information content (AvgIpc) is 2.71. The van der Waals surface area contributed by atoms with E-state index in [2.05, 4.69) is 18.3 Å². The van der Waals surface area contributed by atoms with Crippen molar-refractivity contribution in [2.75, 3.05) is 25.1 Å². The summed E-state index contributed by atoms with van der Waals surface area (Å²) in [5.41, 5.74) is 3.48. The molecule has 2 aliphatic heterocycles. The maximum Gasteiger partial charge on any atom is 0.241 e. The van der Waals surface area contributed by atoms with E-state index in [0.717, 1.165) is 24.4 Å². The van der Waals surface area contributed by atoms with E-state index < -0.39 is 0 Å². The van der Waals surface area contributed by atoms with Gasteiger partial charge in [0.25, 0.3) is 0 Å². The quantitative estimate of drug-likeness (QED) is 0.781. The first-order valence-corrected chi connectivity index (χ1v) is 5.91. The normalized spacial score (nSPS) is 22.4. The van der Waals surface area contributed by atoms with Crippen molar-refractivity contribution in [1.82, 2.24) is 5.32 Å². The molecular formula is C13H16N2O2. The Morgan fingerprint density at radius 1 is 1.47 bits per heavy atom. The highest BCUT2D eigenvalue weighted by atomic mass is 16.5. The molecule has 1 atom stereocenters. The van der Waals surface area contributed by atoms with Crippen LogP contribution in [-0.2, 0) is 11.2 Å². The van der Waals surface area contributed by atoms with E-state index in [-0.39, 0.29) is 11.9 Å². The van der Waals surface area contributed by atoms with Crippen LogP contribution in [0.1, 0.15) is 11.1 Å². The van der Waals surface area contributed by atoms with Crippen LogP contribution >= 0.6 is 0 Å². The second-order valence-corrected chi connectivity index (χ2v) is 4.66. The van der Waals surface area contributed by atoms with Gasteiger partial charge < -0.3 is 15.0 Å². The fraction of sp³-hybridized carbons (Fsp3) is 0.462. The predicted octanol–water partition coefficient (Wildman–Crippen LogP) is 0.865. The minimum absolute atomic E-state index is 0.143. The Bertz CT molecular complexity index is 485. The molecule has 2 heterocycles. The standard InChI is InChI=1S/C13H16N2O2/c1-8-3-4-11(17-2)13-10(8)5-9-6-14-7-12(16)15(9)13/h3-4,9,14H,5-7H2,1-2H3. The lowest BCUT2D eigenvalue weighted by Gasteiger charge is -2.31. The van der Waals surface area contributed by atoms with E-state index in [1.165, 1.54) is 11.1 Å². The van der Waals surface area contributed by atoms with Gasteiger partial charge in [0, 0.05) is 6.54 Å². The molecule has 1 aromatic carbocycles. The first-order valence-electron chi connectivity index (χ1n) is 5.91. The number of carbonyl (C=O) groups excluding carboxylic acids is 1. The van der Waals surface area contributed by atoms with Crippen molar-refractivity contribution in [2.45, 2.75) is 19.4 Å². The molecule has 1 aromatic rings. The SMILES string of the molecule is COc1ccc(C)c2c1N1C(=O)CNCC1C2. The Kier molecular flexibility index (Phi) is 2.33. The summed E-state index contributed by atoms with van der Waals surface area (Å²) < 4.78 is 5.40. The van der Waals surface area contributed by atoms with Crippen LogP contribution in [0.15, 0.2) is 12.1 Å². The van der Waals surface area contributed by atoms with Crippen molar-refractivity contribution in [2.24, 2.45) is 0 Å². The lowest BCUT2D eigenvalue weighted by molar-refractivity contribution is -0.119. The molecule has 0 spiro atoms. The van der Waals surface area contributed by atoms with E-state index >= 15 is 0 Å². The first kappa shape index (κ1) is 10.6. The molecule has 1 N–H and O–H groups in total. The van der Waals surface area contributed by atoms with E-state index in [0.29, 0.717) is 6.54 Å². The summed E-state index contributed by atoms with van der Waals surface area (Å²) in [7, 11) is 1.66. The molecule has 1 saturated heterocycles. The summed E-state index contributed by atoms with van der Waals surface area (Å²) in [4.78, 5) is 13.9. The molecule has 3 rings (SSSR count). The highest BCUT2D eigenvalue weighted by Crippen LogP contribution is 2.42. The lowest BCUT2D eigenvalue weighted by Crippen LogP contribution is -2.53. The van der Waals surface area contributed by atoms with E-state index in [1.54, 1.807) is 7.11 Å². The molecule has 0 aromatic heterocycles. The van der Waals surface area contributed by atoms with Gasteiger partial charge in [-0.1, -0.05) is 6.07 Å². The number of hydrogen-bond acceptors (Lipinski definition) is 3. The van der Waals surface area contributed by atoms with E-state index in [9.17, 15) is 4.79 Å². The van der Waals surface area contributed by atoms with Crippen LogP contribution in [0.25, 0.3) is 0 Å². The van der Waals surface area contributed by atoms with Crippen molar-refractivity contribution in [3.63, 3.8) is 0 Å². The van der Waals surface area contributed by atoms with Crippen molar-refractivity contribution < 1.29 is 9.53 Å². The Balaban J connectivity index is 2.16. The fourth-order valence-corrected chi connectivity index (χ4v) is 2.83. The minimum atomic E-state index is 0.143. The van der Waals surface area contributed by atoms with Crippen LogP contribution in [0.4, 0.5) is 5.69 Å². The smallest absolute Gasteiger partial charge is 0.241 e. The Morgan fingerprint density at radius 3 is 3.06 bits per heavy atom. The van der Waals surface area contributed by atoms with Crippen molar-refractivity contribution in [3.05, 3.63) is 23.3 Å². The number of amides is 1. The summed E-state index contributed by atoms with van der Waals surface area (Å²) in [6.07, 6.45) is 0.928. The number of fused-ring (bicyclic) bond motifs is 3. The first-order chi connectivity index (χ1) is 8.22. The Morgan fingerprint density at radius 2 is 2.29 bits per heavy atom. The number of nitrogens with zero attached hydrogens (tertiary/aromatic N) is 1. The van der Waals surface area contributed by atoms with Crippen LogP contribution in [-0.4, -0.2) is 32.1 Å². The third-order valence-corrected chi connectivity index (χ3v) is 3.67. The molecule has 1 amide bonds. The molecule has 0 bridgehead atoms. The molecule has 4 nitrogen and oxygen atoms in total. The molecule has 0 aliphatic carbocycles. The zero-order valence-electron chi connectivity index (χ0n) is 10.1. The highest BCUT2D eigenvalue weighted by Gasteiger charge is 2.38. The van der Waals surface area contributed by atoms with Crippen LogP contribution in [0, 0.1) is 6.92 Å². The Hall–Kier alpha value is -1.55. The van der Waals surface area contributed by atoms with E-state index in [4.69, 9.17) is 4.74 Å². The van der Waals surface area contributed by atoms with Crippen LogP contribution < -0.4 is 15.0 Å². The summed E-state index contributed by atoms with van der Waals surface area (Å²) in [6, 6.07) is 4.26. The van der Waals surface area contributed by atoms with Crippen molar-refractivity contribution in [3.8, 4) is 5.75 Å². The Labute approximate surface area is 101 Å². The van der Waals surface area contributed by atoms with Crippen molar-refractivity contribution >= 4 is 11.6 Å². The van der Waals surface area contributed by atoms with Gasteiger partial charge in [0.2, 0.25) is 5.91 Å². The van der Waals surface area contributed by atoms with Gasteiger partial charge in [0.1, 0.15) is 5.75 Å². The number of hydrogen-bond donors (Lipinski definition) is 1. The summed E-state index contributed by atoms with van der Waals surface area (Å²) >= 11 is 0. The number of methoxy groups -OCH3 is 1. The largest absolute Gasteiger partial charge is 0.495 e. The molecule has 2 aliphatic rings. The van der Waals surface area contributed by atoms with Crippen LogP contribution in [0.2, 0.25) is 0 Å². The van der Waals surface area contributed by atoms with Gasteiger partial charge >= 0.3 is 0 Å². The number of anilines is 1. The van der Waals surface area contributed by atoms with Gasteiger partial charge in [0.15, 0.2) is 0 Å². The topological polar surface area (TPSA) is 41.6 Å². The number of aryl methyl sites for hydroxylation is 1. The van der Waals surface area contributed by atoms with E-state index in [1.807, 2.05) is 11.0 Å². The van der Waals surface area contributed by atoms with Crippen LogP contribution in [0.5, 0.6) is 5.75 Å². The maximum atomic E-state index is 12.0. The van der Waals surface area contributed by atoms with Gasteiger partial charge in [-0.25, -0.2) is 0 Å².